The summed E-state index contributed by atoms with van der Waals surface area (Å²) in [6.07, 6.45) is 1.43. The van der Waals surface area contributed by atoms with Crippen molar-refractivity contribution in [2.75, 3.05) is 19.8 Å². The maximum atomic E-state index is 11.9. The van der Waals surface area contributed by atoms with Gasteiger partial charge in [0.2, 0.25) is 10.0 Å². The minimum atomic E-state index is -3.86. The van der Waals surface area contributed by atoms with Gasteiger partial charge in [-0.05, 0) is 6.07 Å². The summed E-state index contributed by atoms with van der Waals surface area (Å²) in [5, 5.41) is 18.6. The van der Waals surface area contributed by atoms with Crippen LogP contribution in [0.3, 0.4) is 0 Å². The van der Waals surface area contributed by atoms with E-state index in [9.17, 15) is 18.3 Å². The molecule has 0 spiro atoms. The van der Waals surface area contributed by atoms with Crippen LogP contribution in [0.15, 0.2) is 17.2 Å². The van der Waals surface area contributed by atoms with Crippen molar-refractivity contribution in [2.45, 2.75) is 16.9 Å². The molecule has 0 aliphatic carbocycles. The molecule has 1 saturated heterocycles. The lowest BCUT2D eigenvalue weighted by atomic mass is 10.1. The Balaban J connectivity index is 2.07. The number of H-pyrrole nitrogens is 1. The molecule has 1 atom stereocenters. The van der Waals surface area contributed by atoms with E-state index in [1.165, 1.54) is 0 Å². The molecule has 4 N–H and O–H groups in total. The number of sulfonamides is 1. The van der Waals surface area contributed by atoms with Gasteiger partial charge in [-0.3, -0.25) is 0 Å². The Morgan fingerprint density at radius 3 is 2.84 bits per heavy atom. The Bertz CT molecular complexity index is 573. The maximum Gasteiger partial charge on any atom is 0.352 e. The number of aromatic carboxylic acids is 1. The highest BCUT2D eigenvalue weighted by atomic mass is 32.2. The molecule has 0 saturated carbocycles. The Labute approximate surface area is 109 Å². The quantitative estimate of drug-likeness (QED) is 0.558. The number of ether oxygens (including phenoxy) is 1. The van der Waals surface area contributed by atoms with Crippen LogP contribution < -0.4 is 4.72 Å². The smallest absolute Gasteiger partial charge is 0.352 e. The average Bonchev–Trinajstić information content (AvgIpc) is 2.96. The first-order chi connectivity index (χ1) is 8.82. The standard InChI is InChI=1S/C10H14N2O6S/c13-9(14)8-3-7(4-11-8)19(16,17)12-5-10(15)1-2-18-6-10/h3-4,11-12,15H,1-2,5-6H2,(H,13,14). The van der Waals surface area contributed by atoms with Crippen molar-refractivity contribution in [3.05, 3.63) is 18.0 Å². The molecule has 0 aromatic carbocycles. The summed E-state index contributed by atoms with van der Waals surface area (Å²) in [7, 11) is -3.86. The van der Waals surface area contributed by atoms with Gasteiger partial charge in [-0.25, -0.2) is 17.9 Å². The molecule has 106 valence electrons. The molecule has 1 aliphatic rings. The van der Waals surface area contributed by atoms with E-state index in [1.807, 2.05) is 0 Å². The number of rotatable bonds is 5. The number of carboxylic acids is 1. The van der Waals surface area contributed by atoms with Gasteiger partial charge in [-0.15, -0.1) is 0 Å². The third kappa shape index (κ3) is 3.13. The second kappa shape index (κ2) is 4.93. The first kappa shape index (κ1) is 14.0. The summed E-state index contributed by atoms with van der Waals surface area (Å²) in [6.45, 7) is 0.275. The normalized spacial score (nSPS) is 23.6. The fourth-order valence-electron chi connectivity index (χ4n) is 1.70. The molecule has 0 bridgehead atoms. The van der Waals surface area contributed by atoms with Gasteiger partial charge in [0.25, 0.3) is 0 Å². The Morgan fingerprint density at radius 2 is 2.32 bits per heavy atom. The number of hydrogen-bond donors (Lipinski definition) is 4. The summed E-state index contributed by atoms with van der Waals surface area (Å²) >= 11 is 0. The van der Waals surface area contributed by atoms with Crippen LogP contribution in [0.25, 0.3) is 0 Å². The second-order valence-corrected chi connectivity index (χ2v) is 6.17. The van der Waals surface area contributed by atoms with Crippen LogP contribution >= 0.6 is 0 Å². The molecular weight excluding hydrogens is 276 g/mol. The highest BCUT2D eigenvalue weighted by molar-refractivity contribution is 7.89. The van der Waals surface area contributed by atoms with Crippen molar-refractivity contribution >= 4 is 16.0 Å². The van der Waals surface area contributed by atoms with Gasteiger partial charge >= 0.3 is 5.97 Å². The average molecular weight is 290 g/mol. The van der Waals surface area contributed by atoms with Gasteiger partial charge in [-0.2, -0.15) is 0 Å². The van der Waals surface area contributed by atoms with E-state index in [-0.39, 0.29) is 23.7 Å². The van der Waals surface area contributed by atoms with Crippen molar-refractivity contribution in [1.82, 2.24) is 9.71 Å². The summed E-state index contributed by atoms with van der Waals surface area (Å²) in [5.74, 6) is -1.25. The molecule has 0 amide bonds. The van der Waals surface area contributed by atoms with Crippen LogP contribution in [0.2, 0.25) is 0 Å². The van der Waals surface area contributed by atoms with Gasteiger partial charge in [0, 0.05) is 25.8 Å². The number of nitrogens with one attached hydrogen (secondary N) is 2. The van der Waals surface area contributed by atoms with Crippen molar-refractivity contribution in [3.8, 4) is 0 Å². The zero-order valence-corrected chi connectivity index (χ0v) is 10.7. The van der Waals surface area contributed by atoms with Gasteiger partial charge in [-0.1, -0.05) is 0 Å². The third-order valence-electron chi connectivity index (χ3n) is 2.87. The molecule has 1 unspecified atom stereocenters. The van der Waals surface area contributed by atoms with E-state index in [1.54, 1.807) is 0 Å². The number of carboxylic acid groups (broad SMARTS) is 1. The monoisotopic (exact) mass is 290 g/mol. The molecule has 0 radical (unpaired) electrons. The van der Waals surface area contributed by atoms with E-state index in [0.29, 0.717) is 13.0 Å². The van der Waals surface area contributed by atoms with Gasteiger partial charge in [0.15, 0.2) is 0 Å². The van der Waals surface area contributed by atoms with Crippen LogP contribution in [0, 0.1) is 0 Å². The lowest BCUT2D eigenvalue weighted by Gasteiger charge is -2.20. The number of aromatic amines is 1. The third-order valence-corrected chi connectivity index (χ3v) is 4.25. The highest BCUT2D eigenvalue weighted by Crippen LogP contribution is 2.18. The topological polar surface area (TPSA) is 129 Å². The van der Waals surface area contributed by atoms with Crippen molar-refractivity contribution in [3.63, 3.8) is 0 Å². The summed E-state index contributed by atoms with van der Waals surface area (Å²) in [5.41, 5.74) is -1.43. The summed E-state index contributed by atoms with van der Waals surface area (Å²) in [4.78, 5) is 12.8. The lowest BCUT2D eigenvalue weighted by molar-refractivity contribution is 0.0314. The number of carbonyl (C=O) groups is 1. The van der Waals surface area contributed by atoms with E-state index in [4.69, 9.17) is 9.84 Å². The maximum absolute atomic E-state index is 11.9. The first-order valence-electron chi connectivity index (χ1n) is 5.54. The molecule has 1 aliphatic heterocycles. The Morgan fingerprint density at radius 1 is 1.58 bits per heavy atom. The molecule has 1 fully saturated rings. The van der Waals surface area contributed by atoms with Crippen LogP contribution in [0.5, 0.6) is 0 Å². The Hall–Kier alpha value is -1.42. The van der Waals surface area contributed by atoms with Gasteiger partial charge in [0.05, 0.1) is 6.61 Å². The SMILES string of the molecule is O=C(O)c1cc(S(=O)(=O)NCC2(O)CCOC2)c[nH]1. The summed E-state index contributed by atoms with van der Waals surface area (Å²) in [6, 6.07) is 1.01. The predicted molar refractivity (Wildman–Crippen MR) is 63.3 cm³/mol. The molecule has 8 nitrogen and oxygen atoms in total. The zero-order chi connectivity index (χ0) is 14.1. The van der Waals surface area contributed by atoms with Gasteiger partial charge < -0.3 is 19.9 Å². The lowest BCUT2D eigenvalue weighted by Crippen LogP contribution is -2.43. The molecule has 2 rings (SSSR count). The number of hydrogen-bond acceptors (Lipinski definition) is 5. The Kier molecular flexibility index (Phi) is 3.63. The van der Waals surface area contributed by atoms with E-state index in [0.717, 1.165) is 12.3 Å². The molecule has 1 aromatic rings. The fraction of sp³-hybridized carbons (Fsp3) is 0.500. The predicted octanol–water partition coefficient (Wildman–Crippen LogP) is -0.857. The fourth-order valence-corrected chi connectivity index (χ4v) is 2.81. The molecule has 1 aromatic heterocycles. The number of aromatic nitrogens is 1. The second-order valence-electron chi connectivity index (χ2n) is 4.41. The van der Waals surface area contributed by atoms with Crippen LogP contribution in [0.4, 0.5) is 0 Å². The molecule has 2 heterocycles. The van der Waals surface area contributed by atoms with Crippen LogP contribution in [-0.2, 0) is 14.8 Å². The van der Waals surface area contributed by atoms with Crippen molar-refractivity contribution in [2.24, 2.45) is 0 Å². The molecule has 9 heteroatoms. The van der Waals surface area contributed by atoms with Crippen molar-refractivity contribution < 1.29 is 28.2 Å². The molecular formula is C10H14N2O6S. The minimum Gasteiger partial charge on any atom is -0.477 e. The van der Waals surface area contributed by atoms with E-state index >= 15 is 0 Å². The minimum absolute atomic E-state index is 0.0725. The zero-order valence-electron chi connectivity index (χ0n) is 9.92. The van der Waals surface area contributed by atoms with Crippen LogP contribution in [0.1, 0.15) is 16.9 Å². The van der Waals surface area contributed by atoms with Crippen molar-refractivity contribution in [1.29, 1.82) is 0 Å². The largest absolute Gasteiger partial charge is 0.477 e. The highest BCUT2D eigenvalue weighted by Gasteiger charge is 2.33. The molecule has 19 heavy (non-hydrogen) atoms. The van der Waals surface area contributed by atoms with E-state index < -0.39 is 21.6 Å². The summed E-state index contributed by atoms with van der Waals surface area (Å²) < 4.78 is 31.0. The van der Waals surface area contributed by atoms with Gasteiger partial charge in [0.1, 0.15) is 16.2 Å². The number of aliphatic hydroxyl groups is 1. The first-order valence-corrected chi connectivity index (χ1v) is 7.02. The van der Waals surface area contributed by atoms with Crippen LogP contribution in [-0.4, -0.2) is 54.9 Å². The van der Waals surface area contributed by atoms with E-state index in [2.05, 4.69) is 9.71 Å².